The van der Waals surface area contributed by atoms with Crippen LogP contribution in [0.2, 0.25) is 0 Å². The summed E-state index contributed by atoms with van der Waals surface area (Å²) in [5.41, 5.74) is 2.67. The van der Waals surface area contributed by atoms with Crippen LogP contribution in [-0.4, -0.2) is 5.78 Å². The number of carbonyl (C=O) groups is 1. The predicted octanol–water partition coefficient (Wildman–Crippen LogP) is 3.93. The molecule has 1 aliphatic carbocycles. The number of aryl methyl sites for hydroxylation is 1. The molecule has 1 fully saturated rings. The molecule has 0 amide bonds. The first-order valence-electron chi connectivity index (χ1n) is 6.78. The van der Waals surface area contributed by atoms with E-state index >= 15 is 0 Å². The average molecular weight is 230 g/mol. The first kappa shape index (κ1) is 12.3. The Bertz CT molecular complexity index is 394. The molecule has 0 spiro atoms. The number of ketones is 1. The Morgan fingerprint density at radius 1 is 1.29 bits per heavy atom. The SMILES string of the molecule is CCC1CCC(=O)C(Cc2ccccc2C)C1. The Morgan fingerprint density at radius 2 is 2.06 bits per heavy atom. The molecule has 92 valence electrons. The maximum atomic E-state index is 12.0. The fourth-order valence-corrected chi connectivity index (χ4v) is 2.87. The summed E-state index contributed by atoms with van der Waals surface area (Å²) >= 11 is 0. The third kappa shape index (κ3) is 2.96. The van der Waals surface area contributed by atoms with Gasteiger partial charge in [-0.1, -0.05) is 37.6 Å². The van der Waals surface area contributed by atoms with Crippen molar-refractivity contribution in [2.45, 2.75) is 46.0 Å². The van der Waals surface area contributed by atoms with Gasteiger partial charge in [-0.3, -0.25) is 4.79 Å². The highest BCUT2D eigenvalue weighted by Crippen LogP contribution is 2.31. The van der Waals surface area contributed by atoms with Crippen LogP contribution in [0.4, 0.5) is 0 Å². The molecule has 0 radical (unpaired) electrons. The number of hydrogen-bond donors (Lipinski definition) is 0. The molecule has 0 N–H and O–H groups in total. The van der Waals surface area contributed by atoms with Crippen LogP contribution in [0.3, 0.4) is 0 Å². The number of Topliss-reactive ketones (excluding diaryl/α,β-unsaturated/α-hetero) is 1. The summed E-state index contributed by atoms with van der Waals surface area (Å²) in [7, 11) is 0. The topological polar surface area (TPSA) is 17.1 Å². The zero-order valence-electron chi connectivity index (χ0n) is 10.9. The van der Waals surface area contributed by atoms with Gasteiger partial charge in [-0.25, -0.2) is 0 Å². The summed E-state index contributed by atoms with van der Waals surface area (Å²) in [5, 5.41) is 0. The Labute approximate surface area is 104 Å². The Kier molecular flexibility index (Phi) is 3.98. The van der Waals surface area contributed by atoms with Crippen molar-refractivity contribution in [1.82, 2.24) is 0 Å². The molecule has 1 nitrogen and oxygen atoms in total. The fraction of sp³-hybridized carbons (Fsp3) is 0.562. The van der Waals surface area contributed by atoms with Crippen LogP contribution in [0.25, 0.3) is 0 Å². The van der Waals surface area contributed by atoms with Crippen LogP contribution in [-0.2, 0) is 11.2 Å². The highest BCUT2D eigenvalue weighted by atomic mass is 16.1. The van der Waals surface area contributed by atoms with E-state index in [4.69, 9.17) is 0 Å². The van der Waals surface area contributed by atoms with Gasteiger partial charge in [0.2, 0.25) is 0 Å². The van der Waals surface area contributed by atoms with Crippen LogP contribution in [0.15, 0.2) is 24.3 Å². The molecule has 1 aromatic rings. The highest BCUT2D eigenvalue weighted by Gasteiger charge is 2.27. The molecule has 17 heavy (non-hydrogen) atoms. The van der Waals surface area contributed by atoms with E-state index in [9.17, 15) is 4.79 Å². The number of rotatable bonds is 3. The third-order valence-corrected chi connectivity index (χ3v) is 4.18. The molecule has 0 heterocycles. The third-order valence-electron chi connectivity index (χ3n) is 4.18. The minimum Gasteiger partial charge on any atom is -0.299 e. The van der Waals surface area contributed by atoms with Crippen molar-refractivity contribution in [2.75, 3.05) is 0 Å². The molecule has 0 bridgehead atoms. The van der Waals surface area contributed by atoms with E-state index in [2.05, 4.69) is 38.1 Å². The smallest absolute Gasteiger partial charge is 0.136 e. The molecular formula is C16H22O. The summed E-state index contributed by atoms with van der Waals surface area (Å²) in [6, 6.07) is 8.45. The first-order chi connectivity index (χ1) is 8.20. The Morgan fingerprint density at radius 3 is 2.76 bits per heavy atom. The molecule has 1 aliphatic rings. The van der Waals surface area contributed by atoms with Crippen molar-refractivity contribution in [3.63, 3.8) is 0 Å². The zero-order valence-corrected chi connectivity index (χ0v) is 10.9. The van der Waals surface area contributed by atoms with Crippen LogP contribution in [0.5, 0.6) is 0 Å². The van der Waals surface area contributed by atoms with E-state index < -0.39 is 0 Å². The van der Waals surface area contributed by atoms with Gasteiger partial charge in [-0.15, -0.1) is 0 Å². The van der Waals surface area contributed by atoms with Crippen LogP contribution < -0.4 is 0 Å². The number of hydrogen-bond acceptors (Lipinski definition) is 1. The molecule has 1 saturated carbocycles. The summed E-state index contributed by atoms with van der Waals surface area (Å²) < 4.78 is 0. The van der Waals surface area contributed by atoms with Crippen molar-refractivity contribution in [2.24, 2.45) is 11.8 Å². The van der Waals surface area contributed by atoms with Gasteiger partial charge in [0.05, 0.1) is 0 Å². The molecule has 2 atom stereocenters. The van der Waals surface area contributed by atoms with Gasteiger partial charge in [0.15, 0.2) is 0 Å². The first-order valence-corrected chi connectivity index (χ1v) is 6.78. The maximum absolute atomic E-state index is 12.0. The number of benzene rings is 1. The van der Waals surface area contributed by atoms with Crippen LogP contribution >= 0.6 is 0 Å². The minimum absolute atomic E-state index is 0.273. The second kappa shape index (κ2) is 5.48. The Balaban J connectivity index is 2.07. The van der Waals surface area contributed by atoms with Gasteiger partial charge in [-0.2, -0.15) is 0 Å². The van der Waals surface area contributed by atoms with Gasteiger partial charge in [-0.05, 0) is 43.2 Å². The van der Waals surface area contributed by atoms with E-state index in [1.54, 1.807) is 0 Å². The quantitative estimate of drug-likeness (QED) is 0.769. The molecule has 0 aliphatic heterocycles. The van der Waals surface area contributed by atoms with E-state index in [0.717, 1.165) is 31.6 Å². The Hall–Kier alpha value is -1.11. The molecule has 1 aromatic carbocycles. The van der Waals surface area contributed by atoms with Crippen molar-refractivity contribution in [3.8, 4) is 0 Å². The second-order valence-electron chi connectivity index (χ2n) is 5.34. The summed E-state index contributed by atoms with van der Waals surface area (Å²) in [6.45, 7) is 4.38. The normalized spacial score (nSPS) is 24.9. The molecular weight excluding hydrogens is 208 g/mol. The van der Waals surface area contributed by atoms with Gasteiger partial charge < -0.3 is 0 Å². The zero-order chi connectivity index (χ0) is 12.3. The largest absolute Gasteiger partial charge is 0.299 e. The lowest BCUT2D eigenvalue weighted by molar-refractivity contribution is -0.125. The molecule has 2 rings (SSSR count). The van der Waals surface area contributed by atoms with Crippen LogP contribution in [0.1, 0.15) is 43.7 Å². The van der Waals surface area contributed by atoms with Gasteiger partial charge in [0.1, 0.15) is 5.78 Å². The monoisotopic (exact) mass is 230 g/mol. The average Bonchev–Trinajstić information content (AvgIpc) is 2.35. The molecule has 2 unspecified atom stereocenters. The molecule has 0 saturated heterocycles. The number of carbonyl (C=O) groups excluding carboxylic acids is 1. The van der Waals surface area contributed by atoms with Crippen molar-refractivity contribution < 1.29 is 4.79 Å². The predicted molar refractivity (Wildman–Crippen MR) is 71.0 cm³/mol. The molecule has 0 aromatic heterocycles. The van der Waals surface area contributed by atoms with Gasteiger partial charge in [0, 0.05) is 12.3 Å². The second-order valence-corrected chi connectivity index (χ2v) is 5.34. The van der Waals surface area contributed by atoms with Gasteiger partial charge >= 0.3 is 0 Å². The van der Waals surface area contributed by atoms with E-state index in [1.165, 1.54) is 17.5 Å². The minimum atomic E-state index is 0.273. The summed E-state index contributed by atoms with van der Waals surface area (Å²) in [4.78, 5) is 12.0. The fourth-order valence-electron chi connectivity index (χ4n) is 2.87. The van der Waals surface area contributed by atoms with E-state index in [0.29, 0.717) is 5.78 Å². The van der Waals surface area contributed by atoms with Crippen molar-refractivity contribution >= 4 is 5.78 Å². The standard InChI is InChI=1S/C16H22O/c1-3-13-8-9-16(17)15(10-13)11-14-7-5-4-6-12(14)2/h4-7,13,15H,3,8-11H2,1-2H3. The van der Waals surface area contributed by atoms with E-state index in [1.807, 2.05) is 0 Å². The summed E-state index contributed by atoms with van der Waals surface area (Å²) in [5.74, 6) is 1.52. The van der Waals surface area contributed by atoms with E-state index in [-0.39, 0.29) is 5.92 Å². The van der Waals surface area contributed by atoms with Crippen LogP contribution in [0, 0.1) is 18.8 Å². The lowest BCUT2D eigenvalue weighted by Gasteiger charge is -2.27. The van der Waals surface area contributed by atoms with Gasteiger partial charge in [0.25, 0.3) is 0 Å². The highest BCUT2D eigenvalue weighted by molar-refractivity contribution is 5.82. The summed E-state index contributed by atoms with van der Waals surface area (Å²) in [6.07, 6.45) is 5.18. The lowest BCUT2D eigenvalue weighted by Crippen LogP contribution is -2.26. The van der Waals surface area contributed by atoms with Crippen molar-refractivity contribution in [1.29, 1.82) is 0 Å². The van der Waals surface area contributed by atoms with Crippen molar-refractivity contribution in [3.05, 3.63) is 35.4 Å². The molecule has 1 heteroatoms. The lowest BCUT2D eigenvalue weighted by atomic mass is 9.76. The maximum Gasteiger partial charge on any atom is 0.136 e.